The van der Waals surface area contributed by atoms with Crippen molar-refractivity contribution < 1.29 is 9.59 Å². The molecule has 1 fully saturated rings. The summed E-state index contributed by atoms with van der Waals surface area (Å²) in [5.74, 6) is -0.315. The number of rotatable bonds is 8. The molecule has 43 heavy (non-hydrogen) atoms. The molecule has 1 unspecified atom stereocenters. The molecule has 3 aromatic carbocycles. The van der Waals surface area contributed by atoms with E-state index in [1.807, 2.05) is 115 Å². The lowest BCUT2D eigenvalue weighted by Crippen LogP contribution is -2.48. The van der Waals surface area contributed by atoms with Crippen LogP contribution >= 0.6 is 35.0 Å². The third kappa shape index (κ3) is 5.90. The highest BCUT2D eigenvalue weighted by atomic mass is 35.5. The highest BCUT2D eigenvalue weighted by Crippen LogP contribution is 2.54. The molecule has 6 nitrogen and oxygen atoms in total. The minimum absolute atomic E-state index is 0.0296. The second-order valence-electron chi connectivity index (χ2n) is 10.9. The van der Waals surface area contributed by atoms with Crippen LogP contribution in [0.1, 0.15) is 34.8 Å². The van der Waals surface area contributed by atoms with Crippen molar-refractivity contribution in [2.24, 2.45) is 7.05 Å². The Kier molecular flexibility index (Phi) is 8.23. The number of carbonyl (C=O) groups excluding carboxylic acids is 2. The van der Waals surface area contributed by atoms with Crippen LogP contribution in [0.25, 0.3) is 10.9 Å². The lowest BCUT2D eigenvalue weighted by Gasteiger charge is -2.36. The number of hydrogen-bond acceptors (Lipinski definition) is 4. The lowest BCUT2D eigenvalue weighted by molar-refractivity contribution is -0.129. The Hall–Kier alpha value is -3.78. The molecule has 218 valence electrons. The zero-order chi connectivity index (χ0) is 30.1. The van der Waals surface area contributed by atoms with Crippen molar-refractivity contribution in [2.75, 3.05) is 0 Å². The zero-order valence-electron chi connectivity index (χ0n) is 23.8. The van der Waals surface area contributed by atoms with Crippen molar-refractivity contribution in [3.63, 3.8) is 0 Å². The Morgan fingerprint density at radius 2 is 1.77 bits per heavy atom. The van der Waals surface area contributed by atoms with Gasteiger partial charge in [-0.05, 0) is 61.0 Å². The summed E-state index contributed by atoms with van der Waals surface area (Å²) in [6.45, 7) is 2.61. The van der Waals surface area contributed by atoms with E-state index in [9.17, 15) is 9.59 Å². The van der Waals surface area contributed by atoms with Crippen LogP contribution in [-0.4, -0.2) is 31.0 Å². The number of amides is 2. The van der Waals surface area contributed by atoms with Crippen LogP contribution < -0.4 is 5.32 Å². The average Bonchev–Trinajstić information content (AvgIpc) is 3.47. The van der Waals surface area contributed by atoms with Gasteiger partial charge in [-0.15, -0.1) is 11.8 Å². The molecule has 0 spiro atoms. The van der Waals surface area contributed by atoms with Crippen LogP contribution in [0, 0.1) is 6.92 Å². The third-order valence-corrected chi connectivity index (χ3v) is 9.81. The summed E-state index contributed by atoms with van der Waals surface area (Å²) in [5, 5.41) is 5.33. The van der Waals surface area contributed by atoms with Gasteiger partial charge in [0.05, 0.1) is 24.7 Å². The summed E-state index contributed by atoms with van der Waals surface area (Å²) >= 11 is 14.0. The van der Waals surface area contributed by atoms with E-state index < -0.39 is 10.8 Å². The number of halogens is 2. The van der Waals surface area contributed by atoms with Gasteiger partial charge < -0.3 is 14.8 Å². The summed E-state index contributed by atoms with van der Waals surface area (Å²) in [4.78, 5) is 35.9. The van der Waals surface area contributed by atoms with Gasteiger partial charge in [-0.1, -0.05) is 65.2 Å². The van der Waals surface area contributed by atoms with Crippen molar-refractivity contribution in [3.05, 3.63) is 130 Å². The molecular weight excluding hydrogens is 599 g/mol. The molecule has 1 aliphatic rings. The van der Waals surface area contributed by atoms with E-state index in [0.29, 0.717) is 16.6 Å². The van der Waals surface area contributed by atoms with Crippen molar-refractivity contribution in [2.45, 2.75) is 42.1 Å². The van der Waals surface area contributed by atoms with Crippen molar-refractivity contribution in [1.82, 2.24) is 19.8 Å². The maximum atomic E-state index is 14.6. The first-order valence-electron chi connectivity index (χ1n) is 14.0. The van der Waals surface area contributed by atoms with E-state index in [-0.39, 0.29) is 24.8 Å². The normalized spacial score (nSPS) is 18.4. The molecule has 0 radical (unpaired) electrons. The van der Waals surface area contributed by atoms with E-state index in [1.165, 1.54) is 11.8 Å². The lowest BCUT2D eigenvalue weighted by atomic mass is 9.91. The maximum absolute atomic E-state index is 14.6. The fourth-order valence-corrected chi connectivity index (χ4v) is 7.50. The summed E-state index contributed by atoms with van der Waals surface area (Å²) in [5.41, 5.74) is 4.60. The molecule has 1 aliphatic heterocycles. The number of fused-ring (bicyclic) bond motifs is 1. The molecule has 1 saturated heterocycles. The summed E-state index contributed by atoms with van der Waals surface area (Å²) in [6.07, 6.45) is 3.76. The summed E-state index contributed by atoms with van der Waals surface area (Å²) < 4.78 is 0.828. The molecule has 9 heteroatoms. The van der Waals surface area contributed by atoms with Gasteiger partial charge in [0.15, 0.2) is 0 Å². The van der Waals surface area contributed by atoms with Gasteiger partial charge in [-0.25, -0.2) is 0 Å². The second-order valence-corrected chi connectivity index (χ2v) is 13.2. The highest BCUT2D eigenvalue weighted by molar-refractivity contribution is 8.01. The quantitative estimate of drug-likeness (QED) is 0.193. The Bertz CT molecular complexity index is 1790. The van der Waals surface area contributed by atoms with E-state index in [0.717, 1.165) is 38.2 Å². The number of thioether (sulfide) groups is 1. The number of aromatic nitrogens is 2. The fraction of sp³-hybridized carbons (Fsp3) is 0.206. The SMILES string of the molecule is Cc1ccc(SC2(C(=O)NCc3ccccn3)CC(=O)N(Cc3ccc(Cl)cc3)[C@H]2c2cn(C)c3cc(Cl)ccc23)cc1. The number of hydrogen-bond donors (Lipinski definition) is 1. The summed E-state index contributed by atoms with van der Waals surface area (Å²) in [7, 11) is 1.96. The predicted molar refractivity (Wildman–Crippen MR) is 173 cm³/mol. The molecule has 5 aromatic rings. The smallest absolute Gasteiger partial charge is 0.239 e. The first-order chi connectivity index (χ1) is 20.7. The zero-order valence-corrected chi connectivity index (χ0v) is 26.1. The van der Waals surface area contributed by atoms with Crippen LogP contribution in [0.5, 0.6) is 0 Å². The van der Waals surface area contributed by atoms with E-state index in [4.69, 9.17) is 23.2 Å². The number of nitrogens with one attached hydrogen (secondary N) is 1. The molecule has 0 bridgehead atoms. The number of nitrogens with zero attached hydrogens (tertiary/aromatic N) is 3. The standard InChI is InChI=1S/C34H30Cl2N4O2S/c1-22-6-13-27(14-7-22)43-34(33(42)38-19-26-5-3-4-16-37-26)18-31(41)40(20-23-8-10-24(35)11-9-23)32(34)29-21-39(2)30-17-25(36)12-15-28(29)30/h3-17,21,32H,18-20H2,1-2H3,(H,38,42)/t32-,34?/m0/s1. The molecule has 0 saturated carbocycles. The monoisotopic (exact) mass is 628 g/mol. The van der Waals surface area contributed by atoms with E-state index in [1.54, 1.807) is 6.20 Å². The first kappa shape index (κ1) is 29.3. The number of carbonyl (C=O) groups is 2. The van der Waals surface area contributed by atoms with Crippen LogP contribution in [-0.2, 0) is 29.7 Å². The van der Waals surface area contributed by atoms with Crippen LogP contribution in [0.15, 0.2) is 102 Å². The molecule has 1 N–H and O–H groups in total. The van der Waals surface area contributed by atoms with E-state index in [2.05, 4.69) is 10.3 Å². The van der Waals surface area contributed by atoms with Gasteiger partial charge in [0.1, 0.15) is 4.75 Å². The van der Waals surface area contributed by atoms with Gasteiger partial charge in [0, 0.05) is 57.4 Å². The number of benzene rings is 3. The van der Waals surface area contributed by atoms with E-state index >= 15 is 0 Å². The van der Waals surface area contributed by atoms with Gasteiger partial charge >= 0.3 is 0 Å². The van der Waals surface area contributed by atoms with Crippen molar-refractivity contribution >= 4 is 57.7 Å². The minimum atomic E-state index is -1.18. The average molecular weight is 630 g/mol. The largest absolute Gasteiger partial charge is 0.350 e. The molecular formula is C34H30Cl2N4O2S. The molecule has 2 atom stereocenters. The Morgan fingerprint density at radius 3 is 2.49 bits per heavy atom. The number of pyridine rings is 1. The van der Waals surface area contributed by atoms with Gasteiger partial charge in [0.25, 0.3) is 0 Å². The topological polar surface area (TPSA) is 67.2 Å². The number of likely N-dealkylation sites (tertiary alicyclic amines) is 1. The Morgan fingerprint density at radius 1 is 1.02 bits per heavy atom. The van der Waals surface area contributed by atoms with Crippen molar-refractivity contribution in [3.8, 4) is 0 Å². The molecule has 2 amide bonds. The number of aryl methyl sites for hydroxylation is 2. The second kappa shape index (κ2) is 12.1. The molecule has 6 rings (SSSR count). The van der Waals surface area contributed by atoms with Gasteiger partial charge in [-0.2, -0.15) is 0 Å². The fourth-order valence-electron chi connectivity index (χ4n) is 5.79. The molecule has 2 aromatic heterocycles. The van der Waals surface area contributed by atoms with Crippen molar-refractivity contribution in [1.29, 1.82) is 0 Å². The third-order valence-electron chi connectivity index (χ3n) is 7.89. The maximum Gasteiger partial charge on any atom is 0.239 e. The first-order valence-corrected chi connectivity index (χ1v) is 15.5. The van der Waals surface area contributed by atoms with Crippen LogP contribution in [0.2, 0.25) is 10.0 Å². The minimum Gasteiger partial charge on any atom is -0.350 e. The van der Waals surface area contributed by atoms with Crippen LogP contribution in [0.4, 0.5) is 0 Å². The summed E-state index contributed by atoms with van der Waals surface area (Å²) in [6, 6.07) is 26.3. The Balaban J connectivity index is 1.51. The molecule has 3 heterocycles. The van der Waals surface area contributed by atoms with Crippen LogP contribution in [0.3, 0.4) is 0 Å². The predicted octanol–water partition coefficient (Wildman–Crippen LogP) is 7.51. The van der Waals surface area contributed by atoms with Gasteiger partial charge in [0.2, 0.25) is 11.8 Å². The Labute approximate surface area is 265 Å². The van der Waals surface area contributed by atoms with Gasteiger partial charge in [-0.3, -0.25) is 14.6 Å². The highest BCUT2D eigenvalue weighted by Gasteiger charge is 2.58. The molecule has 0 aliphatic carbocycles.